The predicted octanol–water partition coefficient (Wildman–Crippen LogP) is 2.47. The minimum Gasteiger partial charge on any atom is -0.345 e. The van der Waals surface area contributed by atoms with Crippen molar-refractivity contribution in [2.45, 2.75) is 64.1 Å². The molecule has 1 aliphatic heterocycles. The fraction of sp³-hybridized carbons (Fsp3) is 0.368. The lowest BCUT2D eigenvalue weighted by Gasteiger charge is -2.33. The largest absolute Gasteiger partial charge is 0.345 e. The average molecular weight is 743 g/mol. The number of anilines is 2. The van der Waals surface area contributed by atoms with Gasteiger partial charge >= 0.3 is 0 Å². The van der Waals surface area contributed by atoms with Crippen LogP contribution >= 0.6 is 0 Å². The maximum absolute atomic E-state index is 14.2. The van der Waals surface area contributed by atoms with Crippen LogP contribution in [0.2, 0.25) is 0 Å². The number of hydrogen-bond acceptors (Lipinski definition) is 10. The first-order valence-electron chi connectivity index (χ1n) is 17.6. The van der Waals surface area contributed by atoms with Crippen LogP contribution in [0.5, 0.6) is 0 Å². The van der Waals surface area contributed by atoms with Gasteiger partial charge in [0.15, 0.2) is 11.3 Å². The molecule has 0 spiro atoms. The van der Waals surface area contributed by atoms with E-state index >= 15 is 0 Å². The van der Waals surface area contributed by atoms with Gasteiger partial charge < -0.3 is 31.6 Å². The van der Waals surface area contributed by atoms with E-state index in [2.05, 4.69) is 32.1 Å². The summed E-state index contributed by atoms with van der Waals surface area (Å²) in [5.41, 5.74) is 4.50. The molecule has 6 N–H and O–H groups in total. The van der Waals surface area contributed by atoms with Crippen LogP contribution in [0.4, 0.5) is 17.1 Å². The molecule has 16 heteroatoms. The number of nitro groups is 1. The summed E-state index contributed by atoms with van der Waals surface area (Å²) in [4.78, 5) is 92.8. The number of carbonyl (C=O) groups excluding carboxylic acids is 6. The van der Waals surface area contributed by atoms with Crippen molar-refractivity contribution in [2.75, 3.05) is 30.4 Å². The Morgan fingerprint density at radius 3 is 2.15 bits per heavy atom. The van der Waals surface area contributed by atoms with Gasteiger partial charge in [-0.15, -0.1) is 0 Å². The minimum absolute atomic E-state index is 0.0210. The third-order valence-electron chi connectivity index (χ3n) is 8.84. The molecule has 5 amide bonds. The first kappa shape index (κ1) is 40.6. The maximum atomic E-state index is 14.2. The molecular weight excluding hydrogens is 696 g/mol. The van der Waals surface area contributed by atoms with E-state index in [0.717, 1.165) is 0 Å². The molecule has 0 radical (unpaired) electrons. The van der Waals surface area contributed by atoms with Gasteiger partial charge in [0.25, 0.3) is 11.6 Å². The first-order valence-corrected chi connectivity index (χ1v) is 17.6. The van der Waals surface area contributed by atoms with E-state index in [0.29, 0.717) is 36.3 Å². The average Bonchev–Trinajstić information content (AvgIpc) is 3.65. The standard InChI is InChI=1S/C38H46N8O8/c1-25(2)21-31(42-36(51)32-15-10-20-45(32)26(3)47)35(50)39-24-34(49)43-38(22-27-11-6-4-7-12-27,37(52)41-28-13-8-5-9-14-28)33(48)23-40-44-29-16-18-30(19-17-29)46(53)54/h4-9,11-14,16-19,25,31-32,40,44H,10,15,20-24H2,1-3H3,(H,39,50)(H,41,52)(H,42,51)(H,43,49)/t31-,32-,38+/m0/s1. The summed E-state index contributed by atoms with van der Waals surface area (Å²) in [6.45, 7) is 4.45. The number of nitrogens with zero attached hydrogens (tertiary/aromatic N) is 2. The molecule has 0 unspecified atom stereocenters. The van der Waals surface area contributed by atoms with E-state index in [4.69, 9.17) is 0 Å². The van der Waals surface area contributed by atoms with Crippen LogP contribution in [-0.2, 0) is 35.2 Å². The highest BCUT2D eigenvalue weighted by atomic mass is 16.6. The normalized spacial score (nSPS) is 15.3. The Hall–Kier alpha value is -6.16. The number of ketones is 1. The maximum Gasteiger partial charge on any atom is 0.269 e. The van der Waals surface area contributed by atoms with E-state index in [-0.39, 0.29) is 30.4 Å². The SMILES string of the molecule is CC(=O)N1CCC[C@H]1C(=O)N[C@@H](CC(C)C)C(=O)NCC(=O)N[C@](Cc1ccccc1)(C(=O)CNNc1ccc([N+](=O)[O-])cc1)C(=O)Nc1ccccc1. The summed E-state index contributed by atoms with van der Waals surface area (Å²) in [6.07, 6.45) is 1.10. The smallest absolute Gasteiger partial charge is 0.269 e. The van der Waals surface area contributed by atoms with E-state index in [1.807, 2.05) is 13.8 Å². The van der Waals surface area contributed by atoms with Crippen LogP contribution in [0.15, 0.2) is 84.9 Å². The molecule has 0 saturated carbocycles. The first-order chi connectivity index (χ1) is 25.8. The molecule has 3 aromatic carbocycles. The van der Waals surface area contributed by atoms with Crippen molar-refractivity contribution >= 4 is 52.4 Å². The van der Waals surface area contributed by atoms with Gasteiger partial charge in [-0.2, -0.15) is 0 Å². The second-order valence-electron chi connectivity index (χ2n) is 13.4. The molecule has 1 saturated heterocycles. The van der Waals surface area contributed by atoms with Crippen molar-refractivity contribution in [1.82, 2.24) is 26.3 Å². The monoisotopic (exact) mass is 742 g/mol. The minimum atomic E-state index is -2.20. The lowest BCUT2D eigenvalue weighted by atomic mass is 9.84. The molecule has 286 valence electrons. The predicted molar refractivity (Wildman–Crippen MR) is 201 cm³/mol. The van der Waals surface area contributed by atoms with Crippen LogP contribution in [0.3, 0.4) is 0 Å². The summed E-state index contributed by atoms with van der Waals surface area (Å²) in [7, 11) is 0. The molecule has 16 nitrogen and oxygen atoms in total. The van der Waals surface area contributed by atoms with E-state index in [1.165, 1.54) is 36.1 Å². The topological polar surface area (TPSA) is 221 Å². The Balaban J connectivity index is 1.55. The molecule has 1 heterocycles. The lowest BCUT2D eigenvalue weighted by Crippen LogP contribution is -2.66. The number of para-hydroxylation sites is 1. The Kier molecular flexibility index (Phi) is 14.3. The number of Topliss-reactive ketones (excluding diaryl/α,β-unsaturated/α-hetero) is 1. The number of carbonyl (C=O) groups is 6. The van der Waals surface area contributed by atoms with Crippen molar-refractivity contribution in [3.8, 4) is 0 Å². The van der Waals surface area contributed by atoms with Crippen LogP contribution < -0.4 is 32.1 Å². The highest BCUT2D eigenvalue weighted by molar-refractivity contribution is 6.18. The number of nitrogens with one attached hydrogen (secondary N) is 6. The van der Waals surface area contributed by atoms with Crippen molar-refractivity contribution in [1.29, 1.82) is 0 Å². The molecule has 3 atom stereocenters. The molecule has 0 aromatic heterocycles. The third-order valence-corrected chi connectivity index (χ3v) is 8.84. The number of benzene rings is 3. The number of likely N-dealkylation sites (tertiary alicyclic amines) is 1. The highest BCUT2D eigenvalue weighted by Crippen LogP contribution is 2.21. The van der Waals surface area contributed by atoms with Crippen LogP contribution in [0.1, 0.15) is 45.6 Å². The second-order valence-corrected chi connectivity index (χ2v) is 13.4. The van der Waals surface area contributed by atoms with E-state index in [9.17, 15) is 38.9 Å². The van der Waals surface area contributed by atoms with Crippen LogP contribution in [-0.4, -0.2) is 82.4 Å². The van der Waals surface area contributed by atoms with Gasteiger partial charge in [0.05, 0.1) is 18.0 Å². The van der Waals surface area contributed by atoms with Crippen LogP contribution in [0, 0.1) is 16.0 Å². The number of rotatable bonds is 18. The van der Waals surface area contributed by atoms with Gasteiger partial charge in [0.1, 0.15) is 12.1 Å². The Morgan fingerprint density at radius 1 is 0.889 bits per heavy atom. The van der Waals surface area contributed by atoms with E-state index < -0.39 is 65.0 Å². The zero-order chi connectivity index (χ0) is 39.3. The quantitative estimate of drug-likeness (QED) is 0.0635. The van der Waals surface area contributed by atoms with Crippen molar-refractivity contribution in [3.63, 3.8) is 0 Å². The van der Waals surface area contributed by atoms with E-state index in [1.54, 1.807) is 60.7 Å². The number of amides is 5. The summed E-state index contributed by atoms with van der Waals surface area (Å²) >= 11 is 0. The summed E-state index contributed by atoms with van der Waals surface area (Å²) in [6, 6.07) is 20.7. The van der Waals surface area contributed by atoms with Crippen molar-refractivity contribution in [3.05, 3.63) is 101 Å². The van der Waals surface area contributed by atoms with Gasteiger partial charge in [0.2, 0.25) is 23.6 Å². The van der Waals surface area contributed by atoms with Gasteiger partial charge in [-0.05, 0) is 55.0 Å². The highest BCUT2D eigenvalue weighted by Gasteiger charge is 2.47. The molecular formula is C38H46N8O8. The van der Waals surface area contributed by atoms with Gasteiger partial charge in [-0.25, -0.2) is 5.43 Å². The Labute approximate surface area is 312 Å². The fourth-order valence-electron chi connectivity index (χ4n) is 6.14. The number of hydrogen-bond donors (Lipinski definition) is 6. The Morgan fingerprint density at radius 2 is 1.54 bits per heavy atom. The number of non-ortho nitro benzene ring substituents is 1. The number of nitro benzene ring substituents is 1. The van der Waals surface area contributed by atoms with Gasteiger partial charge in [-0.1, -0.05) is 62.4 Å². The molecule has 3 aromatic rings. The van der Waals surface area contributed by atoms with Crippen molar-refractivity contribution in [2.24, 2.45) is 5.92 Å². The number of hydrazine groups is 1. The molecule has 4 rings (SSSR count). The zero-order valence-electron chi connectivity index (χ0n) is 30.4. The molecule has 1 aliphatic rings. The molecule has 0 aliphatic carbocycles. The Bertz CT molecular complexity index is 1810. The van der Waals surface area contributed by atoms with Crippen LogP contribution in [0.25, 0.3) is 0 Å². The fourth-order valence-corrected chi connectivity index (χ4v) is 6.14. The van der Waals surface area contributed by atoms with Gasteiger partial charge in [0, 0.05) is 43.4 Å². The summed E-state index contributed by atoms with van der Waals surface area (Å²) in [5.74, 6) is -3.81. The van der Waals surface area contributed by atoms with Gasteiger partial charge in [-0.3, -0.25) is 38.9 Å². The molecule has 0 bridgehead atoms. The zero-order valence-corrected chi connectivity index (χ0v) is 30.4. The summed E-state index contributed by atoms with van der Waals surface area (Å²) in [5, 5.41) is 21.7. The second kappa shape index (κ2) is 19.1. The third kappa shape index (κ3) is 11.2. The molecule has 54 heavy (non-hydrogen) atoms. The summed E-state index contributed by atoms with van der Waals surface area (Å²) < 4.78 is 0. The molecule has 1 fully saturated rings. The lowest BCUT2D eigenvalue weighted by molar-refractivity contribution is -0.384. The van der Waals surface area contributed by atoms with Crippen molar-refractivity contribution < 1.29 is 33.7 Å².